The van der Waals surface area contributed by atoms with Gasteiger partial charge in [0.05, 0.1) is 13.0 Å². The third-order valence-electron chi connectivity index (χ3n) is 5.39. The Kier molecular flexibility index (Phi) is 7.41. The zero-order valence-corrected chi connectivity index (χ0v) is 17.4. The fourth-order valence-electron chi connectivity index (χ4n) is 2.75. The van der Waals surface area contributed by atoms with Gasteiger partial charge in [-0.05, 0) is 49.4 Å². The van der Waals surface area contributed by atoms with Crippen LogP contribution in [0.2, 0.25) is 18.1 Å². The maximum Gasteiger partial charge on any atom is 0.309 e. The molecule has 4 nitrogen and oxygen atoms in total. The van der Waals surface area contributed by atoms with Crippen LogP contribution in [-0.2, 0) is 18.8 Å². The van der Waals surface area contributed by atoms with Crippen LogP contribution in [0.25, 0.3) is 0 Å². The molecular weight excluding hydrogens is 320 g/mol. The van der Waals surface area contributed by atoms with Gasteiger partial charge >= 0.3 is 5.97 Å². The molecule has 0 saturated carbocycles. The highest BCUT2D eigenvalue weighted by atomic mass is 28.4. The summed E-state index contributed by atoms with van der Waals surface area (Å²) in [5.41, 5.74) is 0.785. The molecule has 0 radical (unpaired) electrons. The minimum Gasteiger partial charge on any atom is -0.469 e. The van der Waals surface area contributed by atoms with Crippen molar-refractivity contribution in [1.29, 1.82) is 0 Å². The minimum atomic E-state index is -1.89. The average Bonchev–Trinajstić information content (AvgIpc) is 2.88. The second-order valence-corrected chi connectivity index (χ2v) is 13.0. The lowest BCUT2D eigenvalue weighted by Gasteiger charge is -2.39. The van der Waals surface area contributed by atoms with E-state index in [-0.39, 0.29) is 28.8 Å². The normalized spacial score (nSPS) is 18.3. The standard InChI is InChI=1S/C19H34O4Si/c1-8-16(23-24(6,7)19(2,3)4)13-15(18(21)22-5)12-14-10-9-11-17(14)20/h10,15-16H,8-9,11-13H2,1-7H3/t15-,16-/m1/s1. The lowest BCUT2D eigenvalue weighted by molar-refractivity contribution is -0.146. The Morgan fingerprint density at radius 1 is 1.33 bits per heavy atom. The maximum absolute atomic E-state index is 12.2. The van der Waals surface area contributed by atoms with Crippen LogP contribution >= 0.6 is 0 Å². The van der Waals surface area contributed by atoms with Gasteiger partial charge in [0.2, 0.25) is 0 Å². The minimum absolute atomic E-state index is 0.0205. The van der Waals surface area contributed by atoms with Crippen molar-refractivity contribution >= 4 is 20.1 Å². The number of Topliss-reactive ketones (excluding diaryl/α,β-unsaturated/α-hetero) is 1. The summed E-state index contributed by atoms with van der Waals surface area (Å²) >= 11 is 0. The summed E-state index contributed by atoms with van der Waals surface area (Å²) in [6.45, 7) is 13.2. The van der Waals surface area contributed by atoms with Crippen molar-refractivity contribution in [1.82, 2.24) is 0 Å². The average molecular weight is 355 g/mol. The van der Waals surface area contributed by atoms with Gasteiger partial charge in [-0.25, -0.2) is 0 Å². The molecule has 0 amide bonds. The number of rotatable bonds is 8. The smallest absolute Gasteiger partial charge is 0.309 e. The number of ketones is 1. The van der Waals surface area contributed by atoms with Crippen molar-refractivity contribution in [2.75, 3.05) is 7.11 Å². The Labute approximate surface area is 148 Å². The number of ether oxygens (including phenoxy) is 1. The number of carbonyl (C=O) groups is 2. The summed E-state index contributed by atoms with van der Waals surface area (Å²) in [6, 6.07) is 0. The van der Waals surface area contributed by atoms with Gasteiger partial charge in [0.25, 0.3) is 0 Å². The van der Waals surface area contributed by atoms with Crippen molar-refractivity contribution in [3.63, 3.8) is 0 Å². The topological polar surface area (TPSA) is 52.6 Å². The number of methoxy groups -OCH3 is 1. The molecule has 0 fully saturated rings. The van der Waals surface area contributed by atoms with Gasteiger partial charge < -0.3 is 9.16 Å². The van der Waals surface area contributed by atoms with E-state index >= 15 is 0 Å². The molecule has 0 aromatic heterocycles. The Morgan fingerprint density at radius 2 is 1.96 bits per heavy atom. The number of esters is 1. The summed E-state index contributed by atoms with van der Waals surface area (Å²) in [5.74, 6) is -0.381. The SMILES string of the molecule is CC[C@H](C[C@@H](CC1=CCCC1=O)C(=O)OC)O[Si](C)(C)C(C)(C)C. The van der Waals surface area contributed by atoms with Crippen molar-refractivity contribution in [2.24, 2.45) is 5.92 Å². The van der Waals surface area contributed by atoms with Crippen molar-refractivity contribution in [2.45, 2.75) is 84.0 Å². The lowest BCUT2D eigenvalue weighted by atomic mass is 9.92. The third-order valence-corrected chi connectivity index (χ3v) is 9.93. The summed E-state index contributed by atoms with van der Waals surface area (Å²) in [5, 5.41) is 0.130. The Hall–Kier alpha value is -0.943. The molecular formula is C19H34O4Si. The van der Waals surface area contributed by atoms with E-state index in [2.05, 4.69) is 40.8 Å². The largest absolute Gasteiger partial charge is 0.469 e. The predicted octanol–water partition coefficient (Wildman–Crippen LogP) is 4.65. The van der Waals surface area contributed by atoms with Gasteiger partial charge in [-0.2, -0.15) is 0 Å². The molecule has 0 unspecified atom stereocenters. The van der Waals surface area contributed by atoms with Crippen LogP contribution in [0.5, 0.6) is 0 Å². The molecule has 1 aliphatic carbocycles. The van der Waals surface area contributed by atoms with E-state index < -0.39 is 8.32 Å². The molecule has 0 saturated heterocycles. The summed E-state index contributed by atoms with van der Waals surface area (Å²) in [6.07, 6.45) is 5.29. The van der Waals surface area contributed by atoms with Crippen LogP contribution in [0.1, 0.15) is 59.8 Å². The molecule has 0 N–H and O–H groups in total. The van der Waals surface area contributed by atoms with Crippen molar-refractivity contribution in [3.8, 4) is 0 Å². The number of hydrogen-bond acceptors (Lipinski definition) is 4. The molecule has 0 heterocycles. The van der Waals surface area contributed by atoms with E-state index in [1.165, 1.54) is 7.11 Å². The molecule has 0 spiro atoms. The molecule has 5 heteroatoms. The van der Waals surface area contributed by atoms with Crippen LogP contribution in [-0.4, -0.2) is 33.3 Å². The highest BCUT2D eigenvalue weighted by molar-refractivity contribution is 6.74. The highest BCUT2D eigenvalue weighted by Crippen LogP contribution is 2.38. The first-order valence-corrected chi connectivity index (χ1v) is 11.9. The highest BCUT2D eigenvalue weighted by Gasteiger charge is 2.39. The molecule has 0 bridgehead atoms. The fourth-order valence-corrected chi connectivity index (χ4v) is 4.20. The van der Waals surface area contributed by atoms with Crippen molar-refractivity contribution in [3.05, 3.63) is 11.6 Å². The van der Waals surface area contributed by atoms with Crippen LogP contribution in [0.4, 0.5) is 0 Å². The van der Waals surface area contributed by atoms with Crippen LogP contribution in [0, 0.1) is 5.92 Å². The van der Waals surface area contributed by atoms with E-state index in [0.717, 1.165) is 18.4 Å². The fraction of sp³-hybridized carbons (Fsp3) is 0.789. The molecule has 0 aromatic carbocycles. The zero-order chi connectivity index (χ0) is 18.5. The molecule has 0 aliphatic heterocycles. The quantitative estimate of drug-likeness (QED) is 0.470. The second-order valence-electron chi connectivity index (χ2n) is 8.26. The molecule has 1 rings (SSSR count). The first-order valence-electron chi connectivity index (χ1n) is 8.99. The predicted molar refractivity (Wildman–Crippen MR) is 99.4 cm³/mol. The number of carbonyl (C=O) groups excluding carboxylic acids is 2. The molecule has 0 aromatic rings. The molecule has 138 valence electrons. The van der Waals surface area contributed by atoms with E-state index in [0.29, 0.717) is 19.3 Å². The van der Waals surface area contributed by atoms with Gasteiger partial charge in [0, 0.05) is 12.5 Å². The molecule has 1 aliphatic rings. The van der Waals surface area contributed by atoms with E-state index in [1.54, 1.807) is 0 Å². The first kappa shape index (κ1) is 21.1. The summed E-state index contributed by atoms with van der Waals surface area (Å²) in [4.78, 5) is 24.1. The summed E-state index contributed by atoms with van der Waals surface area (Å²) in [7, 11) is -0.480. The van der Waals surface area contributed by atoms with Crippen LogP contribution in [0.15, 0.2) is 11.6 Å². The van der Waals surface area contributed by atoms with Gasteiger partial charge in [0.1, 0.15) is 0 Å². The number of hydrogen-bond donors (Lipinski definition) is 0. The van der Waals surface area contributed by atoms with Gasteiger partial charge in [-0.3, -0.25) is 9.59 Å². The second kappa shape index (κ2) is 8.43. The van der Waals surface area contributed by atoms with Crippen molar-refractivity contribution < 1.29 is 18.8 Å². The number of allylic oxidation sites excluding steroid dienone is 2. The van der Waals surface area contributed by atoms with Gasteiger partial charge in [-0.15, -0.1) is 0 Å². The Bertz CT molecular complexity index is 488. The Balaban J connectivity index is 2.83. The van der Waals surface area contributed by atoms with Crippen LogP contribution in [0.3, 0.4) is 0 Å². The third kappa shape index (κ3) is 5.55. The monoisotopic (exact) mass is 354 g/mol. The van der Waals surface area contributed by atoms with E-state index in [1.807, 2.05) is 6.08 Å². The van der Waals surface area contributed by atoms with Crippen LogP contribution < -0.4 is 0 Å². The molecule has 2 atom stereocenters. The zero-order valence-electron chi connectivity index (χ0n) is 16.4. The van der Waals surface area contributed by atoms with Gasteiger partial charge in [0.15, 0.2) is 14.1 Å². The summed E-state index contributed by atoms with van der Waals surface area (Å²) < 4.78 is 11.5. The van der Waals surface area contributed by atoms with Gasteiger partial charge in [-0.1, -0.05) is 33.8 Å². The van der Waals surface area contributed by atoms with E-state index in [9.17, 15) is 9.59 Å². The molecule has 24 heavy (non-hydrogen) atoms. The van der Waals surface area contributed by atoms with E-state index in [4.69, 9.17) is 9.16 Å². The lowest BCUT2D eigenvalue weighted by Crippen LogP contribution is -2.44. The Morgan fingerprint density at radius 3 is 2.38 bits per heavy atom. The maximum atomic E-state index is 12.2. The first-order chi connectivity index (χ1) is 11.0.